The van der Waals surface area contributed by atoms with Crippen molar-refractivity contribution in [1.29, 1.82) is 0 Å². The van der Waals surface area contributed by atoms with Gasteiger partial charge in [0.15, 0.2) is 0 Å². The smallest absolute Gasteiger partial charge is 0.351 e. The Kier molecular flexibility index (Phi) is 5.57. The molecule has 1 atom stereocenters. The van der Waals surface area contributed by atoms with E-state index in [1.165, 1.54) is 12.5 Å². The average molecular weight is 406 g/mol. The van der Waals surface area contributed by atoms with Crippen molar-refractivity contribution in [2.45, 2.75) is 38.2 Å². The van der Waals surface area contributed by atoms with E-state index in [2.05, 4.69) is 29.4 Å². The molecule has 1 N–H and O–H groups in total. The molecule has 0 bridgehead atoms. The molecule has 156 valence electrons. The van der Waals surface area contributed by atoms with Crippen LogP contribution in [0.3, 0.4) is 0 Å². The van der Waals surface area contributed by atoms with Crippen LogP contribution in [0.2, 0.25) is 0 Å². The predicted molar refractivity (Wildman–Crippen MR) is 113 cm³/mol. The van der Waals surface area contributed by atoms with Gasteiger partial charge in [-0.05, 0) is 49.8 Å². The maximum absolute atomic E-state index is 13.0. The van der Waals surface area contributed by atoms with Crippen molar-refractivity contribution in [2.24, 2.45) is 11.1 Å². The predicted octanol–water partition coefficient (Wildman–Crippen LogP) is 3.75. The molecular weight excluding hydrogens is 380 g/mol. The van der Waals surface area contributed by atoms with Crippen molar-refractivity contribution >= 4 is 17.6 Å². The molecule has 2 aliphatic rings. The molecule has 6 nitrogen and oxygen atoms in total. The van der Waals surface area contributed by atoms with Crippen LogP contribution in [0.4, 0.5) is 0 Å². The summed E-state index contributed by atoms with van der Waals surface area (Å²) >= 11 is 0. The van der Waals surface area contributed by atoms with Gasteiger partial charge >= 0.3 is 5.97 Å². The lowest BCUT2D eigenvalue weighted by Crippen LogP contribution is -2.39. The van der Waals surface area contributed by atoms with Gasteiger partial charge in [-0.1, -0.05) is 47.6 Å². The van der Waals surface area contributed by atoms with Crippen molar-refractivity contribution in [3.05, 3.63) is 71.3 Å². The number of oxime groups is 1. The molecule has 0 saturated carbocycles. The summed E-state index contributed by atoms with van der Waals surface area (Å²) in [6, 6.07) is 17.7. The number of piperidine rings is 1. The highest BCUT2D eigenvalue weighted by Crippen LogP contribution is 2.28. The number of carboxylic acids is 1. The molecule has 1 unspecified atom stereocenters. The highest BCUT2D eigenvalue weighted by Gasteiger charge is 2.42. The molecule has 6 heteroatoms. The average Bonchev–Trinajstić information content (AvgIpc) is 3.18. The van der Waals surface area contributed by atoms with Gasteiger partial charge in [0.05, 0.1) is 5.71 Å². The second-order valence-corrected chi connectivity index (χ2v) is 8.35. The number of hydrogen-bond acceptors (Lipinski definition) is 4. The van der Waals surface area contributed by atoms with Crippen LogP contribution in [0.5, 0.6) is 0 Å². The number of carbonyl (C=O) groups excluding carboxylic acids is 1. The quantitative estimate of drug-likeness (QED) is 0.820. The number of amides is 1. The van der Waals surface area contributed by atoms with E-state index in [1.54, 1.807) is 12.1 Å². The number of hydrogen-bond donors (Lipinski definition) is 1. The first-order valence-corrected chi connectivity index (χ1v) is 10.4. The lowest BCUT2D eigenvalue weighted by atomic mass is 9.90. The zero-order valence-electron chi connectivity index (χ0n) is 17.1. The zero-order chi connectivity index (χ0) is 21.1. The van der Waals surface area contributed by atoms with Crippen molar-refractivity contribution in [2.75, 3.05) is 13.1 Å². The van der Waals surface area contributed by atoms with Gasteiger partial charge in [0.25, 0.3) is 5.91 Å². The van der Waals surface area contributed by atoms with Gasteiger partial charge in [-0.2, -0.15) is 0 Å². The summed E-state index contributed by atoms with van der Waals surface area (Å²) in [7, 11) is 0. The van der Waals surface area contributed by atoms with E-state index in [1.807, 2.05) is 23.1 Å². The van der Waals surface area contributed by atoms with Crippen molar-refractivity contribution in [3.63, 3.8) is 0 Å². The first-order valence-electron chi connectivity index (χ1n) is 10.4. The molecule has 4 rings (SSSR count). The van der Waals surface area contributed by atoms with Crippen molar-refractivity contribution in [1.82, 2.24) is 4.90 Å². The fourth-order valence-corrected chi connectivity index (χ4v) is 4.11. The molecule has 2 aromatic carbocycles. The summed E-state index contributed by atoms with van der Waals surface area (Å²) in [4.78, 5) is 31.4. The van der Waals surface area contributed by atoms with Gasteiger partial charge < -0.3 is 14.8 Å². The summed E-state index contributed by atoms with van der Waals surface area (Å²) < 4.78 is 0. The second kappa shape index (κ2) is 8.30. The number of nitrogens with zero attached hydrogens (tertiary/aromatic N) is 2. The zero-order valence-corrected chi connectivity index (χ0v) is 17.1. The molecule has 1 fully saturated rings. The summed E-state index contributed by atoms with van der Waals surface area (Å²) in [6.07, 6.45) is 3.22. The van der Waals surface area contributed by atoms with E-state index < -0.39 is 11.6 Å². The largest absolute Gasteiger partial charge is 0.478 e. The second-order valence-electron chi connectivity index (χ2n) is 8.35. The van der Waals surface area contributed by atoms with E-state index in [-0.39, 0.29) is 12.3 Å². The van der Waals surface area contributed by atoms with E-state index in [0.717, 1.165) is 37.9 Å². The van der Waals surface area contributed by atoms with Crippen LogP contribution >= 0.6 is 0 Å². The minimum atomic E-state index is -1.35. The van der Waals surface area contributed by atoms with Gasteiger partial charge in [0.1, 0.15) is 0 Å². The molecule has 0 aromatic heterocycles. The molecule has 1 saturated heterocycles. The number of carbonyl (C=O) groups is 2. The van der Waals surface area contributed by atoms with Crippen LogP contribution in [-0.4, -0.2) is 46.3 Å². The maximum atomic E-state index is 13.0. The summed E-state index contributed by atoms with van der Waals surface area (Å²) in [5, 5.41) is 13.3. The molecule has 1 amide bonds. The Morgan fingerprint density at radius 3 is 2.53 bits per heavy atom. The van der Waals surface area contributed by atoms with Crippen LogP contribution in [-0.2, 0) is 16.1 Å². The van der Waals surface area contributed by atoms with E-state index >= 15 is 0 Å². The van der Waals surface area contributed by atoms with Crippen LogP contribution in [0.1, 0.15) is 47.7 Å². The number of rotatable bonds is 5. The SMILES string of the molecule is CC1(C(=O)O)CC(c2cccc(C(=O)N3CCC(Cc4ccccc4)CC3)c2)=NO1. The minimum absolute atomic E-state index is 0.00974. The number of benzene rings is 2. The Hall–Kier alpha value is -3.15. The van der Waals surface area contributed by atoms with Crippen molar-refractivity contribution in [3.8, 4) is 0 Å². The highest BCUT2D eigenvalue weighted by atomic mass is 16.7. The summed E-state index contributed by atoms with van der Waals surface area (Å²) in [5.74, 6) is -0.441. The molecule has 0 radical (unpaired) electrons. The fourth-order valence-electron chi connectivity index (χ4n) is 4.11. The van der Waals surface area contributed by atoms with Gasteiger partial charge in [0.2, 0.25) is 5.60 Å². The molecular formula is C24H26N2O4. The normalized spacial score (nSPS) is 21.8. The lowest BCUT2D eigenvalue weighted by molar-refractivity contribution is -0.160. The van der Waals surface area contributed by atoms with E-state index in [0.29, 0.717) is 17.2 Å². The first kappa shape index (κ1) is 20.1. The Bertz CT molecular complexity index is 964. The van der Waals surface area contributed by atoms with E-state index in [4.69, 9.17) is 4.84 Å². The Labute approximate surface area is 176 Å². The molecule has 2 aliphatic heterocycles. The third-order valence-corrected chi connectivity index (χ3v) is 6.03. The number of carboxylic acid groups (broad SMARTS) is 1. The third-order valence-electron chi connectivity index (χ3n) is 6.03. The van der Waals surface area contributed by atoms with Gasteiger partial charge in [0, 0.05) is 30.6 Å². The fraction of sp³-hybridized carbons (Fsp3) is 0.375. The van der Waals surface area contributed by atoms with Crippen LogP contribution in [0.25, 0.3) is 0 Å². The lowest BCUT2D eigenvalue weighted by Gasteiger charge is -2.32. The van der Waals surface area contributed by atoms with Crippen molar-refractivity contribution < 1.29 is 19.5 Å². The van der Waals surface area contributed by atoms with Crippen LogP contribution in [0, 0.1) is 5.92 Å². The van der Waals surface area contributed by atoms with Gasteiger partial charge in [-0.25, -0.2) is 4.79 Å². The van der Waals surface area contributed by atoms with Gasteiger partial charge in [-0.3, -0.25) is 4.79 Å². The first-order chi connectivity index (χ1) is 14.4. The highest BCUT2D eigenvalue weighted by molar-refractivity contribution is 6.06. The molecule has 0 aliphatic carbocycles. The third kappa shape index (κ3) is 4.22. The van der Waals surface area contributed by atoms with E-state index in [9.17, 15) is 14.7 Å². The number of aliphatic carboxylic acids is 1. The Morgan fingerprint density at radius 1 is 1.13 bits per heavy atom. The molecule has 2 heterocycles. The molecule has 2 aromatic rings. The van der Waals surface area contributed by atoms with Crippen LogP contribution < -0.4 is 0 Å². The molecule has 0 spiro atoms. The topological polar surface area (TPSA) is 79.2 Å². The minimum Gasteiger partial charge on any atom is -0.478 e. The monoisotopic (exact) mass is 406 g/mol. The van der Waals surface area contributed by atoms with Crippen LogP contribution in [0.15, 0.2) is 59.8 Å². The Balaban J connectivity index is 1.38. The molecule has 30 heavy (non-hydrogen) atoms. The van der Waals surface area contributed by atoms with Gasteiger partial charge in [-0.15, -0.1) is 0 Å². The number of likely N-dealkylation sites (tertiary alicyclic amines) is 1. The summed E-state index contributed by atoms with van der Waals surface area (Å²) in [6.45, 7) is 3.00. The summed E-state index contributed by atoms with van der Waals surface area (Å²) in [5.41, 5.74) is 1.88. The standard InChI is InChI=1S/C24H26N2O4/c1-24(23(28)29)16-21(25-30-24)19-8-5-9-20(15-19)22(27)26-12-10-18(11-13-26)14-17-6-3-2-4-7-17/h2-9,15,18H,10-14,16H2,1H3,(H,28,29). The Morgan fingerprint density at radius 2 is 1.87 bits per heavy atom. The maximum Gasteiger partial charge on any atom is 0.351 e.